The molecule has 1 aromatic carbocycles. The fourth-order valence-electron chi connectivity index (χ4n) is 1.82. The second-order valence-corrected chi connectivity index (χ2v) is 4.45. The molecule has 0 aliphatic rings. The van der Waals surface area contributed by atoms with E-state index in [0.717, 1.165) is 0 Å². The maximum Gasteiger partial charge on any atom is 0.168 e. The first-order valence-corrected chi connectivity index (χ1v) is 6.10. The van der Waals surface area contributed by atoms with Crippen molar-refractivity contribution in [2.45, 2.75) is 12.5 Å². The molecule has 19 heavy (non-hydrogen) atoms. The van der Waals surface area contributed by atoms with E-state index in [-0.39, 0.29) is 12.2 Å². The monoisotopic (exact) mass is 281 g/mol. The van der Waals surface area contributed by atoms with Crippen LogP contribution in [-0.2, 0) is 6.42 Å². The molecule has 1 heterocycles. The zero-order valence-electron chi connectivity index (χ0n) is 10.3. The minimum absolute atomic E-state index is 0.142. The Labute approximate surface area is 115 Å². The van der Waals surface area contributed by atoms with Crippen molar-refractivity contribution in [2.75, 3.05) is 7.11 Å². The lowest BCUT2D eigenvalue weighted by Gasteiger charge is -2.13. The first-order valence-electron chi connectivity index (χ1n) is 5.72. The average Bonchev–Trinajstić information content (AvgIpc) is 2.41. The molecule has 1 atom stereocenters. The van der Waals surface area contributed by atoms with E-state index in [2.05, 4.69) is 4.98 Å². The lowest BCUT2D eigenvalue weighted by molar-refractivity contribution is 0.176. The Morgan fingerprint density at radius 2 is 2.21 bits per heavy atom. The molecule has 0 saturated heterocycles. The number of hydrogen-bond donors (Lipinski definition) is 1. The van der Waals surface area contributed by atoms with Gasteiger partial charge in [0.2, 0.25) is 0 Å². The van der Waals surface area contributed by atoms with Crippen LogP contribution in [0.4, 0.5) is 4.39 Å². The van der Waals surface area contributed by atoms with E-state index in [0.29, 0.717) is 16.3 Å². The molecule has 2 rings (SSSR count). The molecule has 0 aliphatic heterocycles. The standard InChI is InChI=1S/C14H13ClFNO2/c1-19-12-4-2-3-10(14(12)16)7-11(18)9-5-6-17-13(15)8-9/h2-6,8,11,18H,7H2,1H3. The van der Waals surface area contributed by atoms with Crippen LogP contribution in [0.1, 0.15) is 17.2 Å². The van der Waals surface area contributed by atoms with Crippen molar-refractivity contribution in [3.8, 4) is 5.75 Å². The minimum atomic E-state index is -0.845. The van der Waals surface area contributed by atoms with Gasteiger partial charge in [-0.15, -0.1) is 0 Å². The number of nitrogens with zero attached hydrogens (tertiary/aromatic N) is 1. The largest absolute Gasteiger partial charge is 0.494 e. The summed E-state index contributed by atoms with van der Waals surface area (Å²) < 4.78 is 18.9. The molecular formula is C14H13ClFNO2. The third-order valence-electron chi connectivity index (χ3n) is 2.81. The summed E-state index contributed by atoms with van der Waals surface area (Å²) in [5.74, 6) is -0.290. The number of rotatable bonds is 4. The van der Waals surface area contributed by atoms with Gasteiger partial charge in [-0.1, -0.05) is 23.7 Å². The molecule has 100 valence electrons. The zero-order chi connectivity index (χ0) is 13.8. The smallest absolute Gasteiger partial charge is 0.168 e. The van der Waals surface area contributed by atoms with E-state index >= 15 is 0 Å². The van der Waals surface area contributed by atoms with Gasteiger partial charge in [-0.05, 0) is 29.3 Å². The third-order valence-corrected chi connectivity index (χ3v) is 3.02. The molecule has 2 aromatic rings. The Bertz CT molecular complexity index is 577. The Hall–Kier alpha value is -1.65. The second-order valence-electron chi connectivity index (χ2n) is 4.07. The quantitative estimate of drug-likeness (QED) is 0.876. The lowest BCUT2D eigenvalue weighted by atomic mass is 10.0. The average molecular weight is 282 g/mol. The van der Waals surface area contributed by atoms with Crippen molar-refractivity contribution >= 4 is 11.6 Å². The number of hydrogen-bond acceptors (Lipinski definition) is 3. The van der Waals surface area contributed by atoms with Crippen molar-refractivity contribution in [3.05, 3.63) is 58.6 Å². The summed E-state index contributed by atoms with van der Waals surface area (Å²) in [5.41, 5.74) is 0.988. The first kappa shape index (κ1) is 13.8. The van der Waals surface area contributed by atoms with E-state index in [1.165, 1.54) is 19.4 Å². The highest BCUT2D eigenvalue weighted by Crippen LogP contribution is 2.25. The Morgan fingerprint density at radius 1 is 1.42 bits per heavy atom. The van der Waals surface area contributed by atoms with Crippen LogP contribution in [0.3, 0.4) is 0 Å². The fourth-order valence-corrected chi connectivity index (χ4v) is 2.00. The molecule has 1 unspecified atom stereocenters. The molecule has 3 nitrogen and oxygen atoms in total. The molecule has 1 aromatic heterocycles. The molecule has 0 fully saturated rings. The number of methoxy groups -OCH3 is 1. The Balaban J connectivity index is 2.21. The summed E-state index contributed by atoms with van der Waals surface area (Å²) in [4.78, 5) is 3.83. The van der Waals surface area contributed by atoms with Crippen LogP contribution in [0.15, 0.2) is 36.5 Å². The van der Waals surface area contributed by atoms with Gasteiger partial charge in [0.05, 0.1) is 13.2 Å². The second kappa shape index (κ2) is 5.99. The van der Waals surface area contributed by atoms with Gasteiger partial charge in [0.25, 0.3) is 0 Å². The van der Waals surface area contributed by atoms with Crippen LogP contribution in [0.5, 0.6) is 5.75 Å². The van der Waals surface area contributed by atoms with Crippen molar-refractivity contribution < 1.29 is 14.2 Å². The fraction of sp³-hybridized carbons (Fsp3) is 0.214. The van der Waals surface area contributed by atoms with Gasteiger partial charge in [-0.3, -0.25) is 0 Å². The van der Waals surface area contributed by atoms with Crippen LogP contribution < -0.4 is 4.74 Å². The van der Waals surface area contributed by atoms with E-state index in [1.54, 1.807) is 24.3 Å². The third kappa shape index (κ3) is 3.22. The minimum Gasteiger partial charge on any atom is -0.494 e. The number of aliphatic hydroxyl groups excluding tert-OH is 1. The molecular weight excluding hydrogens is 269 g/mol. The highest BCUT2D eigenvalue weighted by Gasteiger charge is 2.14. The van der Waals surface area contributed by atoms with Crippen LogP contribution >= 0.6 is 11.6 Å². The summed E-state index contributed by atoms with van der Waals surface area (Å²) >= 11 is 5.75. The van der Waals surface area contributed by atoms with E-state index < -0.39 is 11.9 Å². The Morgan fingerprint density at radius 3 is 2.89 bits per heavy atom. The first-order chi connectivity index (χ1) is 9.11. The molecule has 1 N–H and O–H groups in total. The van der Waals surface area contributed by atoms with Crippen LogP contribution in [0.25, 0.3) is 0 Å². The van der Waals surface area contributed by atoms with Crippen molar-refractivity contribution in [2.24, 2.45) is 0 Å². The molecule has 0 saturated carbocycles. The zero-order valence-corrected chi connectivity index (χ0v) is 11.1. The van der Waals surface area contributed by atoms with Gasteiger partial charge in [0, 0.05) is 12.6 Å². The van der Waals surface area contributed by atoms with Crippen LogP contribution in [0.2, 0.25) is 5.15 Å². The molecule has 0 radical (unpaired) electrons. The summed E-state index contributed by atoms with van der Waals surface area (Å²) in [5, 5.41) is 10.4. The maximum absolute atomic E-state index is 14.0. The number of halogens is 2. The van der Waals surface area contributed by atoms with E-state index in [4.69, 9.17) is 16.3 Å². The molecule has 5 heteroatoms. The summed E-state index contributed by atoms with van der Waals surface area (Å²) in [7, 11) is 1.40. The molecule has 0 bridgehead atoms. The number of aromatic nitrogens is 1. The van der Waals surface area contributed by atoms with Crippen molar-refractivity contribution in [1.29, 1.82) is 0 Å². The Kier molecular flexibility index (Phi) is 4.35. The topological polar surface area (TPSA) is 42.4 Å². The van der Waals surface area contributed by atoms with Gasteiger partial charge in [-0.2, -0.15) is 0 Å². The summed E-state index contributed by atoms with van der Waals surface area (Å²) in [6.07, 6.45) is 0.800. The van der Waals surface area contributed by atoms with Crippen LogP contribution in [-0.4, -0.2) is 17.2 Å². The highest BCUT2D eigenvalue weighted by atomic mass is 35.5. The van der Waals surface area contributed by atoms with Gasteiger partial charge < -0.3 is 9.84 Å². The molecule has 0 amide bonds. The van der Waals surface area contributed by atoms with Gasteiger partial charge in [0.1, 0.15) is 5.15 Å². The van der Waals surface area contributed by atoms with Crippen LogP contribution in [0, 0.1) is 5.82 Å². The molecule has 0 spiro atoms. The van der Waals surface area contributed by atoms with Crippen molar-refractivity contribution in [1.82, 2.24) is 4.98 Å². The summed E-state index contributed by atoms with van der Waals surface area (Å²) in [6, 6.07) is 8.04. The normalized spacial score (nSPS) is 12.2. The maximum atomic E-state index is 14.0. The number of pyridine rings is 1. The number of aliphatic hydroxyl groups is 1. The van der Waals surface area contributed by atoms with Crippen molar-refractivity contribution in [3.63, 3.8) is 0 Å². The van der Waals surface area contributed by atoms with Gasteiger partial charge in [-0.25, -0.2) is 9.37 Å². The molecule has 0 aliphatic carbocycles. The highest BCUT2D eigenvalue weighted by molar-refractivity contribution is 6.29. The SMILES string of the molecule is COc1cccc(CC(O)c2ccnc(Cl)c2)c1F. The predicted molar refractivity (Wildman–Crippen MR) is 70.9 cm³/mol. The summed E-state index contributed by atoms with van der Waals surface area (Å²) in [6.45, 7) is 0. The number of benzene rings is 1. The van der Waals surface area contributed by atoms with E-state index in [9.17, 15) is 9.50 Å². The lowest BCUT2D eigenvalue weighted by Crippen LogP contribution is -2.04. The van der Waals surface area contributed by atoms with Gasteiger partial charge in [0.15, 0.2) is 11.6 Å². The number of ether oxygens (including phenoxy) is 1. The van der Waals surface area contributed by atoms with Gasteiger partial charge >= 0.3 is 0 Å². The predicted octanol–water partition coefficient (Wildman–Crippen LogP) is 3.16. The van der Waals surface area contributed by atoms with E-state index in [1.807, 2.05) is 0 Å².